The molecule has 0 bridgehead atoms. The number of aromatic nitrogens is 1. The minimum Gasteiger partial charge on any atom is -0.459 e. The standard InChI is InChI=1S/C23H19N3O3S/c1-15(27)24-13-16-4-6-17(7-5-16)20-14-30-23(26-20)18-8-10-19(11-9-18)25-22(28)21-3-2-12-29-21/h2-12,14H,13H2,1H3,(H,24,27)(H,25,28). The van der Waals surface area contributed by atoms with Crippen molar-refractivity contribution in [3.8, 4) is 21.8 Å². The van der Waals surface area contributed by atoms with Crippen molar-refractivity contribution in [3.63, 3.8) is 0 Å². The maximum absolute atomic E-state index is 12.1. The zero-order valence-corrected chi connectivity index (χ0v) is 17.0. The van der Waals surface area contributed by atoms with Crippen LogP contribution in [0.3, 0.4) is 0 Å². The predicted octanol–water partition coefficient (Wildman–Crippen LogP) is 4.96. The van der Waals surface area contributed by atoms with E-state index in [4.69, 9.17) is 9.40 Å². The third-order valence-corrected chi connectivity index (χ3v) is 5.32. The topological polar surface area (TPSA) is 84.2 Å². The Kier molecular flexibility index (Phi) is 5.72. The molecular formula is C23H19N3O3S. The quantitative estimate of drug-likeness (QED) is 0.464. The van der Waals surface area contributed by atoms with Crippen molar-refractivity contribution in [2.75, 3.05) is 5.32 Å². The van der Waals surface area contributed by atoms with Crippen LogP contribution in [-0.2, 0) is 11.3 Å². The number of anilines is 1. The van der Waals surface area contributed by atoms with Gasteiger partial charge in [0.05, 0.1) is 12.0 Å². The molecule has 0 aliphatic carbocycles. The average molecular weight is 417 g/mol. The van der Waals surface area contributed by atoms with Crippen LogP contribution >= 0.6 is 11.3 Å². The van der Waals surface area contributed by atoms with Crippen LogP contribution in [0.5, 0.6) is 0 Å². The Balaban J connectivity index is 1.43. The number of hydrogen-bond donors (Lipinski definition) is 2. The molecule has 4 aromatic rings. The number of carbonyl (C=O) groups is 2. The number of benzene rings is 2. The van der Waals surface area contributed by atoms with Crippen molar-refractivity contribution in [2.24, 2.45) is 0 Å². The summed E-state index contributed by atoms with van der Waals surface area (Å²) in [5, 5.41) is 8.51. The predicted molar refractivity (Wildman–Crippen MR) is 117 cm³/mol. The lowest BCUT2D eigenvalue weighted by molar-refractivity contribution is -0.119. The summed E-state index contributed by atoms with van der Waals surface area (Å²) in [7, 11) is 0. The van der Waals surface area contributed by atoms with Gasteiger partial charge in [0.1, 0.15) is 5.01 Å². The minimum atomic E-state index is -0.286. The molecule has 0 saturated carbocycles. The van der Waals surface area contributed by atoms with Gasteiger partial charge in [-0.2, -0.15) is 0 Å². The van der Waals surface area contributed by atoms with E-state index in [0.717, 1.165) is 27.4 Å². The van der Waals surface area contributed by atoms with E-state index in [1.165, 1.54) is 13.2 Å². The fourth-order valence-electron chi connectivity index (χ4n) is 2.86. The highest BCUT2D eigenvalue weighted by Crippen LogP contribution is 2.29. The van der Waals surface area contributed by atoms with Crippen molar-refractivity contribution in [3.05, 3.63) is 83.6 Å². The average Bonchev–Trinajstić information content (AvgIpc) is 3.46. The first-order chi connectivity index (χ1) is 14.6. The lowest BCUT2D eigenvalue weighted by Crippen LogP contribution is -2.18. The number of carbonyl (C=O) groups excluding carboxylic acids is 2. The summed E-state index contributed by atoms with van der Waals surface area (Å²) in [6, 6.07) is 18.8. The van der Waals surface area contributed by atoms with E-state index in [-0.39, 0.29) is 17.6 Å². The third kappa shape index (κ3) is 4.64. The molecule has 4 rings (SSSR count). The summed E-state index contributed by atoms with van der Waals surface area (Å²) in [5.74, 6) is -0.0623. The van der Waals surface area contributed by atoms with Crippen LogP contribution in [-0.4, -0.2) is 16.8 Å². The normalized spacial score (nSPS) is 10.6. The fourth-order valence-corrected chi connectivity index (χ4v) is 3.69. The van der Waals surface area contributed by atoms with Gasteiger partial charge in [-0.1, -0.05) is 24.3 Å². The van der Waals surface area contributed by atoms with Gasteiger partial charge in [0.15, 0.2) is 5.76 Å². The molecule has 150 valence electrons. The van der Waals surface area contributed by atoms with E-state index in [0.29, 0.717) is 12.2 Å². The molecular weight excluding hydrogens is 398 g/mol. The summed E-state index contributed by atoms with van der Waals surface area (Å²) in [6.07, 6.45) is 1.47. The minimum absolute atomic E-state index is 0.0465. The van der Waals surface area contributed by atoms with Gasteiger partial charge in [-0.05, 0) is 42.0 Å². The Bertz CT molecular complexity index is 1150. The van der Waals surface area contributed by atoms with Gasteiger partial charge in [0.25, 0.3) is 5.91 Å². The Morgan fingerprint density at radius 3 is 2.40 bits per heavy atom. The van der Waals surface area contributed by atoms with Gasteiger partial charge >= 0.3 is 0 Å². The van der Waals surface area contributed by atoms with Crippen molar-refractivity contribution in [1.29, 1.82) is 0 Å². The molecule has 6 nitrogen and oxygen atoms in total. The largest absolute Gasteiger partial charge is 0.459 e. The molecule has 2 amide bonds. The molecule has 2 N–H and O–H groups in total. The first kappa shape index (κ1) is 19.6. The van der Waals surface area contributed by atoms with E-state index < -0.39 is 0 Å². The Labute approximate surface area is 177 Å². The van der Waals surface area contributed by atoms with Gasteiger partial charge in [0, 0.05) is 35.7 Å². The van der Waals surface area contributed by atoms with E-state index in [9.17, 15) is 9.59 Å². The Hall–Kier alpha value is -3.71. The second kappa shape index (κ2) is 8.75. The number of amides is 2. The van der Waals surface area contributed by atoms with Crippen LogP contribution in [0.2, 0.25) is 0 Å². The molecule has 0 radical (unpaired) electrons. The Morgan fingerprint density at radius 2 is 1.73 bits per heavy atom. The van der Waals surface area contributed by atoms with Crippen LogP contribution < -0.4 is 10.6 Å². The molecule has 0 saturated heterocycles. The third-order valence-electron chi connectivity index (χ3n) is 4.43. The first-order valence-corrected chi connectivity index (χ1v) is 10.2. The zero-order chi connectivity index (χ0) is 20.9. The van der Waals surface area contributed by atoms with E-state index in [2.05, 4.69) is 10.6 Å². The van der Waals surface area contributed by atoms with Crippen molar-refractivity contribution in [1.82, 2.24) is 10.3 Å². The molecule has 30 heavy (non-hydrogen) atoms. The maximum Gasteiger partial charge on any atom is 0.291 e. The molecule has 0 unspecified atom stereocenters. The van der Waals surface area contributed by atoms with Gasteiger partial charge in [-0.15, -0.1) is 11.3 Å². The van der Waals surface area contributed by atoms with Crippen LogP contribution in [0.1, 0.15) is 23.0 Å². The van der Waals surface area contributed by atoms with Crippen LogP contribution in [0.4, 0.5) is 5.69 Å². The summed E-state index contributed by atoms with van der Waals surface area (Å²) >= 11 is 1.56. The SMILES string of the molecule is CC(=O)NCc1ccc(-c2csc(-c3ccc(NC(=O)c4ccco4)cc3)n2)cc1. The summed E-state index contributed by atoms with van der Waals surface area (Å²) in [5.41, 5.74) is 4.62. The summed E-state index contributed by atoms with van der Waals surface area (Å²) in [4.78, 5) is 27.8. The van der Waals surface area contributed by atoms with E-state index >= 15 is 0 Å². The van der Waals surface area contributed by atoms with Crippen molar-refractivity contribution >= 4 is 28.8 Å². The smallest absolute Gasteiger partial charge is 0.291 e. The second-order valence-electron chi connectivity index (χ2n) is 6.65. The fraction of sp³-hybridized carbons (Fsp3) is 0.0870. The van der Waals surface area contributed by atoms with Crippen molar-refractivity contribution in [2.45, 2.75) is 13.5 Å². The Morgan fingerprint density at radius 1 is 1.00 bits per heavy atom. The zero-order valence-electron chi connectivity index (χ0n) is 16.2. The van der Waals surface area contributed by atoms with Crippen molar-refractivity contribution < 1.29 is 14.0 Å². The van der Waals surface area contributed by atoms with Gasteiger partial charge < -0.3 is 15.1 Å². The van der Waals surface area contributed by atoms with Crippen LogP contribution in [0.15, 0.2) is 76.7 Å². The molecule has 0 aliphatic rings. The number of hydrogen-bond acceptors (Lipinski definition) is 5. The van der Waals surface area contributed by atoms with E-state index in [1.54, 1.807) is 23.5 Å². The van der Waals surface area contributed by atoms with Crippen LogP contribution in [0, 0.1) is 0 Å². The number of nitrogens with zero attached hydrogens (tertiary/aromatic N) is 1. The number of furan rings is 1. The summed E-state index contributed by atoms with van der Waals surface area (Å²) in [6.45, 7) is 2.02. The molecule has 0 spiro atoms. The number of rotatable bonds is 6. The molecule has 2 heterocycles. The summed E-state index contributed by atoms with van der Waals surface area (Å²) < 4.78 is 5.10. The van der Waals surface area contributed by atoms with E-state index in [1.807, 2.05) is 53.9 Å². The monoisotopic (exact) mass is 417 g/mol. The molecule has 2 aromatic carbocycles. The molecule has 0 fully saturated rings. The maximum atomic E-state index is 12.1. The molecule has 2 aromatic heterocycles. The number of thiazole rings is 1. The molecule has 7 heteroatoms. The highest BCUT2D eigenvalue weighted by atomic mass is 32.1. The second-order valence-corrected chi connectivity index (χ2v) is 7.51. The number of nitrogens with one attached hydrogen (secondary N) is 2. The lowest BCUT2D eigenvalue weighted by atomic mass is 10.1. The highest BCUT2D eigenvalue weighted by Gasteiger charge is 2.10. The molecule has 0 atom stereocenters. The van der Waals surface area contributed by atoms with Gasteiger partial charge in [-0.25, -0.2) is 4.98 Å². The van der Waals surface area contributed by atoms with Gasteiger partial charge in [-0.3, -0.25) is 9.59 Å². The van der Waals surface area contributed by atoms with Gasteiger partial charge in [0.2, 0.25) is 5.91 Å². The first-order valence-electron chi connectivity index (χ1n) is 9.33. The molecule has 0 aliphatic heterocycles. The lowest BCUT2D eigenvalue weighted by Gasteiger charge is -2.04. The van der Waals surface area contributed by atoms with Crippen LogP contribution in [0.25, 0.3) is 21.8 Å². The highest BCUT2D eigenvalue weighted by molar-refractivity contribution is 7.13.